The molecule has 0 aliphatic carbocycles. The molecular weight excluding hydrogens is 367 g/mol. The van der Waals surface area contributed by atoms with Crippen LogP contribution in [0, 0.1) is 5.82 Å². The van der Waals surface area contributed by atoms with E-state index in [0.29, 0.717) is 5.69 Å². The number of benzene rings is 1. The molecule has 0 bridgehead atoms. The van der Waals surface area contributed by atoms with Gasteiger partial charge in [-0.15, -0.1) is 0 Å². The first-order chi connectivity index (χ1) is 12.2. The number of amides is 3. The second kappa shape index (κ2) is 6.56. The summed E-state index contributed by atoms with van der Waals surface area (Å²) in [7, 11) is -2.49. The van der Waals surface area contributed by atoms with Crippen LogP contribution in [0.3, 0.4) is 0 Å². The molecule has 0 unspecified atom stereocenters. The van der Waals surface area contributed by atoms with Gasteiger partial charge in [-0.1, -0.05) is 0 Å². The third-order valence-corrected chi connectivity index (χ3v) is 6.09. The minimum atomic E-state index is -3.85. The summed E-state index contributed by atoms with van der Waals surface area (Å²) >= 11 is 0. The normalized spacial score (nSPS) is 18.5. The van der Waals surface area contributed by atoms with Gasteiger partial charge in [-0.05, 0) is 12.1 Å². The Bertz CT molecular complexity index is 872. The second-order valence-electron chi connectivity index (χ2n) is 5.90. The van der Waals surface area contributed by atoms with Gasteiger partial charge in [0.1, 0.15) is 12.4 Å². The number of carbonyl (C=O) groups excluding carboxylic acids is 3. The van der Waals surface area contributed by atoms with E-state index in [0.717, 1.165) is 19.6 Å². The number of halogens is 1. The molecule has 11 heteroatoms. The Labute approximate surface area is 149 Å². The number of hydrogen-bond acceptors (Lipinski definition) is 5. The molecule has 2 aliphatic rings. The van der Waals surface area contributed by atoms with Crippen LogP contribution in [0.5, 0.6) is 0 Å². The molecule has 3 amide bonds. The van der Waals surface area contributed by atoms with E-state index in [1.807, 2.05) is 0 Å². The Morgan fingerprint density at radius 2 is 1.85 bits per heavy atom. The van der Waals surface area contributed by atoms with Gasteiger partial charge in [-0.3, -0.25) is 23.6 Å². The zero-order valence-electron chi connectivity index (χ0n) is 13.9. The van der Waals surface area contributed by atoms with Crippen molar-refractivity contribution in [2.24, 2.45) is 0 Å². The van der Waals surface area contributed by atoms with Crippen LogP contribution in [-0.2, 0) is 24.6 Å². The molecule has 3 rings (SSSR count). The van der Waals surface area contributed by atoms with E-state index in [1.54, 1.807) is 0 Å². The van der Waals surface area contributed by atoms with Gasteiger partial charge in [-0.2, -0.15) is 8.42 Å². The number of carbonyl (C=O) groups is 3. The average molecular weight is 384 g/mol. The quantitative estimate of drug-likeness (QED) is 0.695. The second-order valence-corrected chi connectivity index (χ2v) is 7.79. The fraction of sp³-hybridized carbons (Fsp3) is 0.400. The summed E-state index contributed by atoms with van der Waals surface area (Å²) in [6.07, 6.45) is 0.180. The van der Waals surface area contributed by atoms with E-state index in [-0.39, 0.29) is 31.6 Å². The smallest absolute Gasteiger partial charge is 0.326 e. The SMILES string of the molecule is CN1c2ccc(F)cc2N(CCNC(=O)CN2C(=O)CCC2=O)S1(=O)=O. The van der Waals surface area contributed by atoms with Crippen LogP contribution in [-0.4, -0.2) is 57.7 Å². The molecule has 1 aromatic carbocycles. The summed E-state index contributed by atoms with van der Waals surface area (Å²) in [5.74, 6) is -1.95. The largest absolute Gasteiger partial charge is 0.353 e. The predicted molar refractivity (Wildman–Crippen MR) is 90.0 cm³/mol. The molecule has 0 aromatic heterocycles. The third-order valence-electron chi connectivity index (χ3n) is 4.26. The fourth-order valence-electron chi connectivity index (χ4n) is 2.89. The first-order valence-corrected chi connectivity index (χ1v) is 9.27. The molecule has 9 nitrogen and oxygen atoms in total. The van der Waals surface area contributed by atoms with Gasteiger partial charge in [0, 0.05) is 32.5 Å². The van der Waals surface area contributed by atoms with Crippen molar-refractivity contribution in [1.29, 1.82) is 0 Å². The highest BCUT2D eigenvalue weighted by atomic mass is 32.2. The Balaban J connectivity index is 1.63. The number of anilines is 2. The lowest BCUT2D eigenvalue weighted by molar-refractivity contribution is -0.142. The lowest BCUT2D eigenvalue weighted by Crippen LogP contribution is -2.44. The van der Waals surface area contributed by atoms with Crippen molar-refractivity contribution >= 4 is 39.3 Å². The number of nitrogens with zero attached hydrogens (tertiary/aromatic N) is 3. The number of imide groups is 1. The van der Waals surface area contributed by atoms with Crippen LogP contribution in [0.25, 0.3) is 0 Å². The highest BCUT2D eigenvalue weighted by Gasteiger charge is 2.38. The van der Waals surface area contributed by atoms with E-state index in [1.165, 1.54) is 19.2 Å². The molecule has 1 fully saturated rings. The van der Waals surface area contributed by atoms with Crippen molar-refractivity contribution in [2.75, 3.05) is 35.3 Å². The summed E-state index contributed by atoms with van der Waals surface area (Å²) in [4.78, 5) is 35.7. The maximum absolute atomic E-state index is 13.5. The molecule has 0 radical (unpaired) electrons. The van der Waals surface area contributed by atoms with Crippen LogP contribution in [0.4, 0.5) is 15.8 Å². The number of hydrogen-bond donors (Lipinski definition) is 1. The molecule has 2 aliphatic heterocycles. The summed E-state index contributed by atoms with van der Waals surface area (Å²) < 4.78 is 40.4. The Hall–Kier alpha value is -2.69. The Kier molecular flexibility index (Phi) is 4.57. The molecule has 2 heterocycles. The van der Waals surface area contributed by atoms with Crippen molar-refractivity contribution in [3.63, 3.8) is 0 Å². The maximum Gasteiger partial charge on any atom is 0.326 e. The van der Waals surface area contributed by atoms with E-state index in [9.17, 15) is 27.2 Å². The molecule has 1 N–H and O–H groups in total. The number of likely N-dealkylation sites (tertiary alicyclic amines) is 1. The average Bonchev–Trinajstić information content (AvgIpc) is 2.98. The molecule has 0 atom stereocenters. The summed E-state index contributed by atoms with van der Waals surface area (Å²) in [6.45, 7) is -0.565. The molecule has 0 spiro atoms. The van der Waals surface area contributed by atoms with Crippen LogP contribution in [0.1, 0.15) is 12.8 Å². The van der Waals surface area contributed by atoms with Gasteiger partial charge >= 0.3 is 10.2 Å². The topological polar surface area (TPSA) is 107 Å². The minimum Gasteiger partial charge on any atom is -0.353 e. The minimum absolute atomic E-state index is 0.0575. The standard InChI is InChI=1S/C15H17FN4O5S/c1-18-11-3-2-10(16)8-12(11)20(26(18,24)25)7-6-17-13(21)9-19-14(22)4-5-15(19)23/h2-3,8H,4-7,9H2,1H3,(H,17,21). The highest BCUT2D eigenvalue weighted by Crippen LogP contribution is 2.39. The summed E-state index contributed by atoms with van der Waals surface area (Å²) in [5, 5.41) is 2.47. The van der Waals surface area contributed by atoms with Crippen molar-refractivity contribution < 1.29 is 27.2 Å². The van der Waals surface area contributed by atoms with E-state index in [2.05, 4.69) is 5.32 Å². The lowest BCUT2D eigenvalue weighted by atomic mass is 10.2. The van der Waals surface area contributed by atoms with E-state index >= 15 is 0 Å². The van der Waals surface area contributed by atoms with Crippen molar-refractivity contribution in [2.45, 2.75) is 12.8 Å². The number of fused-ring (bicyclic) bond motifs is 1. The van der Waals surface area contributed by atoms with Gasteiger partial charge in [0.25, 0.3) is 0 Å². The zero-order valence-corrected chi connectivity index (χ0v) is 14.8. The maximum atomic E-state index is 13.5. The molecule has 140 valence electrons. The van der Waals surface area contributed by atoms with Crippen molar-refractivity contribution in [3.8, 4) is 0 Å². The van der Waals surface area contributed by atoms with Gasteiger partial charge in [0.05, 0.1) is 17.9 Å². The number of nitrogens with one attached hydrogen (secondary N) is 1. The summed E-state index contributed by atoms with van der Waals surface area (Å²) in [5.41, 5.74) is 0.526. The van der Waals surface area contributed by atoms with Crippen molar-refractivity contribution in [3.05, 3.63) is 24.0 Å². The van der Waals surface area contributed by atoms with Crippen LogP contribution in [0.2, 0.25) is 0 Å². The van der Waals surface area contributed by atoms with Gasteiger partial charge in [0.15, 0.2) is 0 Å². The van der Waals surface area contributed by atoms with Gasteiger partial charge in [-0.25, -0.2) is 8.70 Å². The zero-order chi connectivity index (χ0) is 19.1. The van der Waals surface area contributed by atoms with Gasteiger partial charge < -0.3 is 5.32 Å². The van der Waals surface area contributed by atoms with E-state index < -0.39 is 40.3 Å². The molecule has 26 heavy (non-hydrogen) atoms. The lowest BCUT2D eigenvalue weighted by Gasteiger charge is -2.20. The number of rotatable bonds is 5. The Morgan fingerprint density at radius 3 is 2.50 bits per heavy atom. The van der Waals surface area contributed by atoms with Crippen molar-refractivity contribution in [1.82, 2.24) is 10.2 Å². The Morgan fingerprint density at radius 1 is 1.19 bits per heavy atom. The first-order valence-electron chi connectivity index (χ1n) is 7.88. The molecular formula is C15H17FN4O5S. The first kappa shape index (κ1) is 18.1. The van der Waals surface area contributed by atoms with Crippen LogP contribution >= 0.6 is 0 Å². The third kappa shape index (κ3) is 3.09. The van der Waals surface area contributed by atoms with Crippen LogP contribution < -0.4 is 13.9 Å². The fourth-order valence-corrected chi connectivity index (χ4v) is 4.31. The monoisotopic (exact) mass is 384 g/mol. The molecule has 0 saturated carbocycles. The highest BCUT2D eigenvalue weighted by molar-refractivity contribution is 7.94. The summed E-state index contributed by atoms with van der Waals surface area (Å²) in [6, 6.07) is 3.64. The predicted octanol–water partition coefficient (Wildman–Crippen LogP) is -0.408. The molecule has 1 saturated heterocycles. The molecule has 1 aromatic rings. The van der Waals surface area contributed by atoms with E-state index in [4.69, 9.17) is 0 Å². The van der Waals surface area contributed by atoms with Crippen LogP contribution in [0.15, 0.2) is 18.2 Å². The van der Waals surface area contributed by atoms with Gasteiger partial charge in [0.2, 0.25) is 17.7 Å².